The fourth-order valence-electron chi connectivity index (χ4n) is 1.44. The van der Waals surface area contributed by atoms with Gasteiger partial charge in [0, 0.05) is 18.6 Å². The number of nitrogens with zero attached hydrogens (tertiary/aromatic N) is 1. The van der Waals surface area contributed by atoms with Gasteiger partial charge in [-0.25, -0.2) is 0 Å². The van der Waals surface area contributed by atoms with Gasteiger partial charge in [-0.1, -0.05) is 13.8 Å². The van der Waals surface area contributed by atoms with Crippen LogP contribution in [0, 0.1) is 5.92 Å². The van der Waals surface area contributed by atoms with Crippen molar-refractivity contribution in [2.24, 2.45) is 11.7 Å². The summed E-state index contributed by atoms with van der Waals surface area (Å²) >= 11 is 0. The molecule has 0 heterocycles. The molecule has 0 saturated heterocycles. The molecule has 0 bridgehead atoms. The van der Waals surface area contributed by atoms with Crippen LogP contribution in [-0.4, -0.2) is 37.9 Å². The zero-order valence-corrected chi connectivity index (χ0v) is 12.5. The van der Waals surface area contributed by atoms with Gasteiger partial charge in [0.2, 0.25) is 0 Å². The van der Waals surface area contributed by atoms with Gasteiger partial charge in [-0.3, -0.25) is 0 Å². The lowest BCUT2D eigenvalue weighted by Crippen LogP contribution is -2.50. The van der Waals surface area contributed by atoms with Gasteiger partial charge in [-0.2, -0.15) is 17.4 Å². The third-order valence-corrected chi connectivity index (χ3v) is 3.84. The van der Waals surface area contributed by atoms with Crippen molar-refractivity contribution in [3.63, 3.8) is 0 Å². The van der Waals surface area contributed by atoms with E-state index in [1.54, 1.807) is 0 Å². The Bertz CT molecular complexity index is 307. The molecular weight excluding hydrogens is 238 g/mol. The lowest BCUT2D eigenvalue weighted by molar-refractivity contribution is 0.348. The maximum atomic E-state index is 12.2. The van der Waals surface area contributed by atoms with Crippen LogP contribution >= 0.6 is 0 Å². The summed E-state index contributed by atoms with van der Waals surface area (Å²) in [7, 11) is -3.42. The minimum absolute atomic E-state index is 0.296. The Kier molecular flexibility index (Phi) is 6.61. The first kappa shape index (κ1) is 16.8. The second-order valence-electron chi connectivity index (χ2n) is 5.75. The average Bonchev–Trinajstić information content (AvgIpc) is 2.07. The van der Waals surface area contributed by atoms with Crippen LogP contribution in [0.4, 0.5) is 0 Å². The van der Waals surface area contributed by atoms with E-state index in [-0.39, 0.29) is 0 Å². The van der Waals surface area contributed by atoms with Crippen molar-refractivity contribution in [3.05, 3.63) is 0 Å². The Hall–Kier alpha value is -0.170. The van der Waals surface area contributed by atoms with Crippen LogP contribution in [0.3, 0.4) is 0 Å². The Morgan fingerprint density at radius 1 is 1.29 bits per heavy atom. The Balaban J connectivity index is 4.76. The number of rotatable bonds is 7. The first-order chi connectivity index (χ1) is 7.58. The topological polar surface area (TPSA) is 75.4 Å². The number of hydrogen-bond donors (Lipinski definition) is 2. The molecule has 0 spiro atoms. The number of nitrogens with two attached hydrogens (primary N) is 1. The van der Waals surface area contributed by atoms with Gasteiger partial charge in [0.05, 0.1) is 0 Å². The van der Waals surface area contributed by atoms with Gasteiger partial charge in [-0.15, -0.1) is 0 Å². The van der Waals surface area contributed by atoms with Crippen molar-refractivity contribution in [1.82, 2.24) is 9.03 Å². The lowest BCUT2D eigenvalue weighted by Gasteiger charge is -2.28. The molecule has 0 aliphatic rings. The molecule has 104 valence electrons. The number of nitrogens with one attached hydrogen (secondary N) is 1. The van der Waals surface area contributed by atoms with Crippen molar-refractivity contribution < 1.29 is 8.42 Å². The summed E-state index contributed by atoms with van der Waals surface area (Å²) in [6.45, 7) is 11.0. The SMILES string of the molecule is CC(C)CN(CCCN)S(=O)(=O)NC(C)(C)C. The van der Waals surface area contributed by atoms with Gasteiger partial charge in [0.1, 0.15) is 0 Å². The molecule has 0 radical (unpaired) electrons. The highest BCUT2D eigenvalue weighted by Gasteiger charge is 2.26. The molecule has 0 aliphatic heterocycles. The molecule has 0 amide bonds. The summed E-state index contributed by atoms with van der Waals surface area (Å²) < 4.78 is 28.5. The molecule has 0 fully saturated rings. The summed E-state index contributed by atoms with van der Waals surface area (Å²) in [5, 5.41) is 0. The summed E-state index contributed by atoms with van der Waals surface area (Å²) in [5.74, 6) is 0.296. The maximum Gasteiger partial charge on any atom is 0.279 e. The Labute approximate surface area is 106 Å². The molecule has 0 rings (SSSR count). The van der Waals surface area contributed by atoms with Crippen LogP contribution in [-0.2, 0) is 10.2 Å². The van der Waals surface area contributed by atoms with Crippen molar-refractivity contribution in [3.8, 4) is 0 Å². The summed E-state index contributed by atoms with van der Waals surface area (Å²) in [6.07, 6.45) is 0.678. The van der Waals surface area contributed by atoms with Gasteiger partial charge in [0.15, 0.2) is 0 Å². The smallest absolute Gasteiger partial charge is 0.279 e. The van der Waals surface area contributed by atoms with E-state index in [1.165, 1.54) is 4.31 Å². The normalized spacial score (nSPS) is 13.6. The third-order valence-electron chi connectivity index (χ3n) is 1.96. The zero-order valence-electron chi connectivity index (χ0n) is 11.7. The van der Waals surface area contributed by atoms with E-state index in [4.69, 9.17) is 5.73 Å². The summed E-state index contributed by atoms with van der Waals surface area (Å²) in [5.41, 5.74) is 4.97. The molecule has 3 N–H and O–H groups in total. The molecule has 0 saturated carbocycles. The van der Waals surface area contributed by atoms with Crippen LogP contribution in [0.1, 0.15) is 41.0 Å². The van der Waals surface area contributed by atoms with E-state index in [0.717, 1.165) is 0 Å². The van der Waals surface area contributed by atoms with Crippen LogP contribution in [0.15, 0.2) is 0 Å². The summed E-state index contributed by atoms with van der Waals surface area (Å²) in [4.78, 5) is 0. The predicted molar refractivity (Wildman–Crippen MR) is 71.9 cm³/mol. The minimum Gasteiger partial charge on any atom is -0.330 e. The van der Waals surface area contributed by atoms with Crippen molar-refractivity contribution in [1.29, 1.82) is 0 Å². The molecule has 0 unspecified atom stereocenters. The predicted octanol–water partition coefficient (Wildman–Crippen LogP) is 0.926. The van der Waals surface area contributed by atoms with Crippen molar-refractivity contribution in [2.75, 3.05) is 19.6 Å². The highest BCUT2D eigenvalue weighted by molar-refractivity contribution is 7.87. The third kappa shape index (κ3) is 7.70. The molecule has 0 aromatic carbocycles. The molecule has 0 aromatic heterocycles. The maximum absolute atomic E-state index is 12.2. The molecular formula is C11H27N3O2S. The van der Waals surface area contributed by atoms with E-state index >= 15 is 0 Å². The Morgan fingerprint density at radius 2 is 1.82 bits per heavy atom. The van der Waals surface area contributed by atoms with Gasteiger partial charge < -0.3 is 5.73 Å². The average molecular weight is 265 g/mol. The van der Waals surface area contributed by atoms with E-state index in [9.17, 15) is 8.42 Å². The fraction of sp³-hybridized carbons (Fsp3) is 1.00. The molecule has 0 aliphatic carbocycles. The van der Waals surface area contributed by atoms with Crippen LogP contribution in [0.5, 0.6) is 0 Å². The van der Waals surface area contributed by atoms with Gasteiger partial charge in [0.25, 0.3) is 10.2 Å². The van der Waals surface area contributed by atoms with Crippen LogP contribution in [0.2, 0.25) is 0 Å². The quantitative estimate of drug-likeness (QED) is 0.719. The lowest BCUT2D eigenvalue weighted by atomic mass is 10.1. The molecule has 17 heavy (non-hydrogen) atoms. The monoisotopic (exact) mass is 265 g/mol. The van der Waals surface area contributed by atoms with Crippen molar-refractivity contribution >= 4 is 10.2 Å². The molecule has 6 heteroatoms. The Morgan fingerprint density at radius 3 is 2.18 bits per heavy atom. The standard InChI is InChI=1S/C11H27N3O2S/c1-10(2)9-14(8-6-7-12)17(15,16)13-11(3,4)5/h10,13H,6-9,12H2,1-5H3. The number of hydrogen-bond acceptors (Lipinski definition) is 3. The van der Waals surface area contributed by atoms with Gasteiger partial charge in [-0.05, 0) is 39.7 Å². The summed E-state index contributed by atoms with van der Waals surface area (Å²) in [6, 6.07) is 0. The van der Waals surface area contributed by atoms with E-state index < -0.39 is 15.7 Å². The van der Waals surface area contributed by atoms with Crippen LogP contribution < -0.4 is 10.5 Å². The molecule has 0 aromatic rings. The van der Waals surface area contributed by atoms with E-state index in [2.05, 4.69) is 4.72 Å². The van der Waals surface area contributed by atoms with Gasteiger partial charge >= 0.3 is 0 Å². The second kappa shape index (κ2) is 6.68. The minimum atomic E-state index is -3.42. The zero-order chi connectivity index (χ0) is 13.7. The fourth-order valence-corrected chi connectivity index (χ4v) is 3.20. The van der Waals surface area contributed by atoms with E-state index in [0.29, 0.717) is 32.0 Å². The second-order valence-corrected chi connectivity index (χ2v) is 7.42. The largest absolute Gasteiger partial charge is 0.330 e. The highest BCUT2D eigenvalue weighted by Crippen LogP contribution is 2.09. The van der Waals surface area contributed by atoms with E-state index in [1.807, 2.05) is 34.6 Å². The molecule has 5 nitrogen and oxygen atoms in total. The van der Waals surface area contributed by atoms with Crippen molar-refractivity contribution in [2.45, 2.75) is 46.6 Å². The first-order valence-corrected chi connectivity index (χ1v) is 7.51. The molecule has 0 atom stereocenters. The highest BCUT2D eigenvalue weighted by atomic mass is 32.2. The van der Waals surface area contributed by atoms with Crippen LogP contribution in [0.25, 0.3) is 0 Å². The first-order valence-electron chi connectivity index (χ1n) is 6.07.